The first-order chi connectivity index (χ1) is 8.63. The SMILES string of the molecule is CCC(C)Cn1nnc(C(=O)O)c1-c1cccs1. The van der Waals surface area contributed by atoms with E-state index in [9.17, 15) is 4.79 Å². The van der Waals surface area contributed by atoms with Crippen LogP contribution in [-0.4, -0.2) is 26.1 Å². The largest absolute Gasteiger partial charge is 0.476 e. The minimum Gasteiger partial charge on any atom is -0.476 e. The molecule has 0 bridgehead atoms. The summed E-state index contributed by atoms with van der Waals surface area (Å²) in [7, 11) is 0. The van der Waals surface area contributed by atoms with Gasteiger partial charge < -0.3 is 5.11 Å². The van der Waals surface area contributed by atoms with E-state index >= 15 is 0 Å². The standard InChI is InChI=1S/C12H15N3O2S/c1-3-8(2)7-15-11(9-5-4-6-18-9)10(12(16)17)13-14-15/h4-6,8H,3,7H2,1-2H3,(H,16,17). The molecule has 0 saturated heterocycles. The van der Waals surface area contributed by atoms with Crippen LogP contribution in [0.15, 0.2) is 17.5 Å². The lowest BCUT2D eigenvalue weighted by molar-refractivity contribution is 0.0691. The number of rotatable bonds is 5. The van der Waals surface area contributed by atoms with Crippen LogP contribution in [0.3, 0.4) is 0 Å². The van der Waals surface area contributed by atoms with Gasteiger partial charge in [0.05, 0.1) is 4.88 Å². The van der Waals surface area contributed by atoms with Crippen molar-refractivity contribution in [1.82, 2.24) is 15.0 Å². The first-order valence-corrected chi connectivity index (χ1v) is 6.72. The van der Waals surface area contributed by atoms with Gasteiger partial charge in [-0.1, -0.05) is 31.5 Å². The van der Waals surface area contributed by atoms with Crippen molar-refractivity contribution >= 4 is 17.3 Å². The molecule has 0 saturated carbocycles. The Hall–Kier alpha value is -1.69. The average Bonchev–Trinajstić information content (AvgIpc) is 2.96. The molecule has 0 aromatic carbocycles. The Morgan fingerprint density at radius 1 is 1.61 bits per heavy atom. The number of nitrogens with zero attached hydrogens (tertiary/aromatic N) is 3. The second-order valence-corrected chi connectivity index (χ2v) is 5.21. The molecule has 1 atom stereocenters. The average molecular weight is 265 g/mol. The predicted octanol–water partition coefficient (Wildman–Crippen LogP) is 2.75. The summed E-state index contributed by atoms with van der Waals surface area (Å²) in [6.07, 6.45) is 1.02. The van der Waals surface area contributed by atoms with E-state index < -0.39 is 5.97 Å². The zero-order valence-corrected chi connectivity index (χ0v) is 11.1. The van der Waals surface area contributed by atoms with Gasteiger partial charge in [-0.05, 0) is 17.4 Å². The summed E-state index contributed by atoms with van der Waals surface area (Å²) < 4.78 is 1.70. The fourth-order valence-electron chi connectivity index (χ4n) is 1.67. The van der Waals surface area contributed by atoms with Crippen molar-refractivity contribution in [3.8, 4) is 10.6 Å². The summed E-state index contributed by atoms with van der Waals surface area (Å²) >= 11 is 1.50. The van der Waals surface area contributed by atoms with E-state index in [1.807, 2.05) is 17.5 Å². The molecule has 2 aromatic heterocycles. The van der Waals surface area contributed by atoms with Crippen LogP contribution in [-0.2, 0) is 6.54 Å². The van der Waals surface area contributed by atoms with Crippen molar-refractivity contribution in [2.24, 2.45) is 5.92 Å². The molecule has 96 valence electrons. The summed E-state index contributed by atoms with van der Waals surface area (Å²) in [4.78, 5) is 12.1. The van der Waals surface area contributed by atoms with Crippen LogP contribution < -0.4 is 0 Å². The van der Waals surface area contributed by atoms with Crippen LogP contribution in [0.1, 0.15) is 30.8 Å². The third-order valence-electron chi connectivity index (χ3n) is 2.87. The maximum absolute atomic E-state index is 11.2. The van der Waals surface area contributed by atoms with Gasteiger partial charge in [0.2, 0.25) is 0 Å². The monoisotopic (exact) mass is 265 g/mol. The van der Waals surface area contributed by atoms with Crippen LogP contribution in [0.25, 0.3) is 10.6 Å². The topological polar surface area (TPSA) is 68.0 Å². The minimum atomic E-state index is -1.03. The van der Waals surface area contributed by atoms with Crippen molar-refractivity contribution in [2.75, 3.05) is 0 Å². The van der Waals surface area contributed by atoms with E-state index in [2.05, 4.69) is 24.2 Å². The number of carbonyl (C=O) groups is 1. The molecule has 1 N–H and O–H groups in total. The molecule has 0 aliphatic heterocycles. The minimum absolute atomic E-state index is 0.0285. The van der Waals surface area contributed by atoms with E-state index in [-0.39, 0.29) is 5.69 Å². The summed E-state index contributed by atoms with van der Waals surface area (Å²) in [5.74, 6) is -0.596. The molecule has 2 heterocycles. The molecule has 0 spiro atoms. The van der Waals surface area contributed by atoms with E-state index in [4.69, 9.17) is 5.11 Å². The predicted molar refractivity (Wildman–Crippen MR) is 69.7 cm³/mol. The molecule has 6 heteroatoms. The van der Waals surface area contributed by atoms with Gasteiger partial charge in [-0.25, -0.2) is 9.48 Å². The van der Waals surface area contributed by atoms with Gasteiger partial charge in [-0.2, -0.15) is 0 Å². The highest BCUT2D eigenvalue weighted by atomic mass is 32.1. The fraction of sp³-hybridized carbons (Fsp3) is 0.417. The van der Waals surface area contributed by atoms with Crippen molar-refractivity contribution in [3.63, 3.8) is 0 Å². The molecule has 0 amide bonds. The second-order valence-electron chi connectivity index (χ2n) is 4.26. The Labute approximate surface area is 109 Å². The number of carboxylic acid groups (broad SMARTS) is 1. The number of hydrogen-bond acceptors (Lipinski definition) is 4. The number of aromatic nitrogens is 3. The van der Waals surface area contributed by atoms with Gasteiger partial charge in [0.1, 0.15) is 5.69 Å². The van der Waals surface area contributed by atoms with Crippen LogP contribution >= 0.6 is 11.3 Å². The highest BCUT2D eigenvalue weighted by molar-refractivity contribution is 7.13. The molecule has 1 unspecified atom stereocenters. The van der Waals surface area contributed by atoms with Crippen LogP contribution in [0.4, 0.5) is 0 Å². The van der Waals surface area contributed by atoms with Crippen LogP contribution in [0, 0.1) is 5.92 Å². The summed E-state index contributed by atoms with van der Waals surface area (Å²) in [6, 6.07) is 3.79. The van der Waals surface area contributed by atoms with Gasteiger partial charge in [0.15, 0.2) is 5.69 Å². The molecule has 0 fully saturated rings. The lowest BCUT2D eigenvalue weighted by Crippen LogP contribution is -2.10. The lowest BCUT2D eigenvalue weighted by Gasteiger charge is -2.10. The van der Waals surface area contributed by atoms with E-state index in [0.717, 1.165) is 11.3 Å². The Morgan fingerprint density at radius 3 is 2.94 bits per heavy atom. The Kier molecular flexibility index (Phi) is 3.76. The normalized spacial score (nSPS) is 12.6. The quantitative estimate of drug-likeness (QED) is 0.902. The number of carboxylic acids is 1. The number of hydrogen-bond donors (Lipinski definition) is 1. The van der Waals surface area contributed by atoms with Crippen LogP contribution in [0.5, 0.6) is 0 Å². The Balaban J connectivity index is 2.45. The molecule has 0 radical (unpaired) electrons. The lowest BCUT2D eigenvalue weighted by atomic mass is 10.1. The molecule has 2 aromatic rings. The van der Waals surface area contributed by atoms with E-state index in [1.54, 1.807) is 4.68 Å². The maximum Gasteiger partial charge on any atom is 0.358 e. The zero-order valence-electron chi connectivity index (χ0n) is 10.3. The smallest absolute Gasteiger partial charge is 0.358 e. The summed E-state index contributed by atoms with van der Waals surface area (Å²) in [5, 5.41) is 18.8. The van der Waals surface area contributed by atoms with E-state index in [1.165, 1.54) is 11.3 Å². The van der Waals surface area contributed by atoms with Crippen molar-refractivity contribution < 1.29 is 9.90 Å². The highest BCUT2D eigenvalue weighted by Gasteiger charge is 2.21. The number of thiophene rings is 1. The molecule has 0 aliphatic rings. The molecule has 0 aliphatic carbocycles. The van der Waals surface area contributed by atoms with Crippen molar-refractivity contribution in [2.45, 2.75) is 26.8 Å². The highest BCUT2D eigenvalue weighted by Crippen LogP contribution is 2.27. The first kappa shape index (κ1) is 12.8. The van der Waals surface area contributed by atoms with Gasteiger partial charge in [-0.3, -0.25) is 0 Å². The van der Waals surface area contributed by atoms with Crippen LogP contribution in [0.2, 0.25) is 0 Å². The fourth-order valence-corrected chi connectivity index (χ4v) is 2.44. The Morgan fingerprint density at radius 2 is 2.39 bits per heavy atom. The Bertz CT molecular complexity index is 534. The van der Waals surface area contributed by atoms with Gasteiger partial charge in [0.25, 0.3) is 0 Å². The van der Waals surface area contributed by atoms with Gasteiger partial charge >= 0.3 is 5.97 Å². The van der Waals surface area contributed by atoms with Gasteiger partial charge in [0, 0.05) is 6.54 Å². The summed E-state index contributed by atoms with van der Waals surface area (Å²) in [6.45, 7) is 4.90. The third kappa shape index (κ3) is 2.43. The third-order valence-corrected chi connectivity index (χ3v) is 3.75. The second kappa shape index (κ2) is 5.30. The van der Waals surface area contributed by atoms with Gasteiger partial charge in [-0.15, -0.1) is 16.4 Å². The molecule has 2 rings (SSSR count). The number of aromatic carboxylic acids is 1. The molecule has 5 nitrogen and oxygen atoms in total. The van der Waals surface area contributed by atoms with Crippen molar-refractivity contribution in [1.29, 1.82) is 0 Å². The first-order valence-electron chi connectivity index (χ1n) is 5.84. The summed E-state index contributed by atoms with van der Waals surface area (Å²) in [5.41, 5.74) is 0.638. The molecular formula is C12H15N3O2S. The van der Waals surface area contributed by atoms with Crippen molar-refractivity contribution in [3.05, 3.63) is 23.2 Å². The zero-order chi connectivity index (χ0) is 13.1. The molecular weight excluding hydrogens is 250 g/mol. The maximum atomic E-state index is 11.2. The van der Waals surface area contributed by atoms with E-state index in [0.29, 0.717) is 18.2 Å². The molecule has 18 heavy (non-hydrogen) atoms.